The summed E-state index contributed by atoms with van der Waals surface area (Å²) >= 11 is 0. The summed E-state index contributed by atoms with van der Waals surface area (Å²) in [7, 11) is 0. The predicted octanol–water partition coefficient (Wildman–Crippen LogP) is 5.22. The van der Waals surface area contributed by atoms with Gasteiger partial charge in [0, 0.05) is 11.6 Å². The van der Waals surface area contributed by atoms with Crippen LogP contribution in [-0.2, 0) is 6.54 Å². The maximum atomic E-state index is 9.96. The second-order valence-corrected chi connectivity index (χ2v) is 6.53. The van der Waals surface area contributed by atoms with Gasteiger partial charge in [-0.2, -0.15) is 0 Å². The van der Waals surface area contributed by atoms with E-state index in [1.165, 1.54) is 68.4 Å². The molecule has 0 fully saturated rings. The van der Waals surface area contributed by atoms with Crippen LogP contribution in [0.1, 0.15) is 83.1 Å². The lowest BCUT2D eigenvalue weighted by Gasteiger charge is -2.03. The Morgan fingerprint density at radius 2 is 1.50 bits per heavy atom. The largest absolute Gasteiger partial charge is 0.494 e. The van der Waals surface area contributed by atoms with Crippen molar-refractivity contribution < 1.29 is 15.3 Å². The monoisotopic (exact) mass is 337 g/mol. The first-order valence-electron chi connectivity index (χ1n) is 9.59. The van der Waals surface area contributed by atoms with E-state index in [1.807, 2.05) is 12.2 Å². The lowest BCUT2D eigenvalue weighted by atomic mass is 10.1. The van der Waals surface area contributed by atoms with Crippen molar-refractivity contribution in [2.75, 3.05) is 6.61 Å². The number of hydrogen-bond acceptors (Lipinski definition) is 3. The van der Waals surface area contributed by atoms with Crippen LogP contribution in [0.4, 0.5) is 0 Å². The number of nitrogens with zero attached hydrogens (tertiary/aromatic N) is 1. The lowest BCUT2D eigenvalue weighted by molar-refractivity contribution is 0.256. The van der Waals surface area contributed by atoms with Gasteiger partial charge in [-0.3, -0.25) is 4.57 Å². The van der Waals surface area contributed by atoms with Gasteiger partial charge in [0.1, 0.15) is 0 Å². The molecule has 1 rings (SSSR count). The molecule has 0 amide bonds. The van der Waals surface area contributed by atoms with Crippen molar-refractivity contribution in [3.8, 4) is 11.8 Å². The van der Waals surface area contributed by atoms with Crippen molar-refractivity contribution in [1.82, 2.24) is 4.57 Å². The van der Waals surface area contributed by atoms with Crippen LogP contribution < -0.4 is 0 Å². The number of allylic oxidation sites excluding steroid dienone is 1. The molecule has 0 radical (unpaired) electrons. The van der Waals surface area contributed by atoms with Gasteiger partial charge in [-0.25, -0.2) is 0 Å². The molecule has 0 saturated carbocycles. The van der Waals surface area contributed by atoms with Crippen molar-refractivity contribution in [2.45, 2.75) is 84.1 Å². The summed E-state index contributed by atoms with van der Waals surface area (Å²) in [6.45, 7) is 2.34. The van der Waals surface area contributed by atoms with E-state index in [-0.39, 0.29) is 24.9 Å². The van der Waals surface area contributed by atoms with Gasteiger partial charge in [0.2, 0.25) is 5.88 Å². The standard InChI is InChI=1S/C20H35NO3/c1-2-3-4-5-6-7-8-9-10-11-12-13-14-18-17-19(23)21(15-16-22)20(18)24/h13-14,17,22-24H,2-12,15-16H2,1H3. The zero-order chi connectivity index (χ0) is 17.6. The SMILES string of the molecule is CCCCCCCCCCCCC=Cc1cc(O)n(CCO)c1O. The van der Waals surface area contributed by atoms with Gasteiger partial charge < -0.3 is 15.3 Å². The summed E-state index contributed by atoms with van der Waals surface area (Å²) in [5, 5.41) is 28.6. The van der Waals surface area contributed by atoms with Gasteiger partial charge in [0.05, 0.1) is 13.2 Å². The van der Waals surface area contributed by atoms with Gasteiger partial charge in [-0.15, -0.1) is 0 Å². The van der Waals surface area contributed by atoms with Crippen LogP contribution in [0, 0.1) is 0 Å². The minimum atomic E-state index is -0.114. The molecular weight excluding hydrogens is 302 g/mol. The summed E-state index contributed by atoms with van der Waals surface area (Å²) in [6, 6.07) is 1.53. The van der Waals surface area contributed by atoms with Crippen molar-refractivity contribution in [3.05, 3.63) is 17.7 Å². The van der Waals surface area contributed by atoms with Crippen LogP contribution in [0.2, 0.25) is 0 Å². The number of hydrogen-bond donors (Lipinski definition) is 3. The fourth-order valence-corrected chi connectivity index (χ4v) is 2.95. The van der Waals surface area contributed by atoms with E-state index < -0.39 is 0 Å². The highest BCUT2D eigenvalue weighted by Crippen LogP contribution is 2.28. The molecule has 0 aliphatic heterocycles. The van der Waals surface area contributed by atoms with E-state index in [9.17, 15) is 10.2 Å². The summed E-state index contributed by atoms with van der Waals surface area (Å²) in [5.74, 6) is 0.000935. The molecule has 0 aliphatic carbocycles. The minimum Gasteiger partial charge on any atom is -0.494 e. The van der Waals surface area contributed by atoms with Crippen LogP contribution >= 0.6 is 0 Å². The third-order valence-electron chi connectivity index (χ3n) is 4.42. The van der Waals surface area contributed by atoms with Crippen LogP contribution in [0.15, 0.2) is 12.1 Å². The maximum Gasteiger partial charge on any atom is 0.201 e. The molecule has 4 nitrogen and oxygen atoms in total. The Hall–Kier alpha value is -1.42. The molecule has 0 saturated heterocycles. The van der Waals surface area contributed by atoms with Crippen molar-refractivity contribution in [2.24, 2.45) is 0 Å². The maximum absolute atomic E-state index is 9.96. The van der Waals surface area contributed by atoms with Crippen molar-refractivity contribution in [1.29, 1.82) is 0 Å². The average Bonchev–Trinajstić information content (AvgIpc) is 2.84. The zero-order valence-electron chi connectivity index (χ0n) is 15.2. The molecule has 24 heavy (non-hydrogen) atoms. The number of aliphatic hydroxyl groups is 1. The topological polar surface area (TPSA) is 65.6 Å². The fraction of sp³-hybridized carbons (Fsp3) is 0.700. The van der Waals surface area contributed by atoms with Gasteiger partial charge in [-0.1, -0.05) is 76.9 Å². The highest BCUT2D eigenvalue weighted by molar-refractivity contribution is 5.57. The number of rotatable bonds is 14. The van der Waals surface area contributed by atoms with Crippen LogP contribution in [-0.4, -0.2) is 26.5 Å². The highest BCUT2D eigenvalue weighted by Gasteiger charge is 2.10. The number of aromatic hydroxyl groups is 2. The van der Waals surface area contributed by atoms with Crippen LogP contribution in [0.25, 0.3) is 6.08 Å². The van der Waals surface area contributed by atoms with E-state index in [0.717, 1.165) is 12.8 Å². The molecule has 4 heteroatoms. The van der Waals surface area contributed by atoms with Crippen molar-refractivity contribution >= 4 is 6.08 Å². The Morgan fingerprint density at radius 1 is 0.917 bits per heavy atom. The Morgan fingerprint density at radius 3 is 2.08 bits per heavy atom. The van der Waals surface area contributed by atoms with Crippen LogP contribution in [0.3, 0.4) is 0 Å². The smallest absolute Gasteiger partial charge is 0.201 e. The van der Waals surface area contributed by atoms with Gasteiger partial charge in [0.15, 0.2) is 5.88 Å². The first kappa shape index (κ1) is 20.6. The highest BCUT2D eigenvalue weighted by atomic mass is 16.3. The Balaban J connectivity index is 2.09. The normalized spacial score (nSPS) is 11.6. The third-order valence-corrected chi connectivity index (χ3v) is 4.42. The minimum absolute atomic E-state index is 0.0138. The van der Waals surface area contributed by atoms with E-state index in [1.54, 1.807) is 0 Å². The Bertz CT molecular complexity index is 466. The molecular formula is C20H35NO3. The molecule has 0 unspecified atom stereocenters. The number of aliphatic hydroxyl groups excluding tert-OH is 1. The Kier molecular flexibility index (Phi) is 11.1. The van der Waals surface area contributed by atoms with E-state index in [0.29, 0.717) is 5.56 Å². The second-order valence-electron chi connectivity index (χ2n) is 6.53. The Labute approximate surface area is 146 Å². The van der Waals surface area contributed by atoms with E-state index >= 15 is 0 Å². The predicted molar refractivity (Wildman–Crippen MR) is 100 cm³/mol. The number of aromatic nitrogens is 1. The fourth-order valence-electron chi connectivity index (χ4n) is 2.95. The van der Waals surface area contributed by atoms with E-state index in [2.05, 4.69) is 6.92 Å². The first-order valence-corrected chi connectivity index (χ1v) is 9.59. The molecule has 138 valence electrons. The number of unbranched alkanes of at least 4 members (excludes halogenated alkanes) is 10. The summed E-state index contributed by atoms with van der Waals surface area (Å²) in [4.78, 5) is 0. The lowest BCUT2D eigenvalue weighted by Crippen LogP contribution is -2.00. The molecule has 0 aromatic carbocycles. The van der Waals surface area contributed by atoms with Crippen LogP contribution in [0.5, 0.6) is 11.8 Å². The van der Waals surface area contributed by atoms with Gasteiger partial charge in [0.25, 0.3) is 0 Å². The summed E-state index contributed by atoms with van der Waals surface area (Å²) in [6.07, 6.45) is 18.2. The molecule has 3 N–H and O–H groups in total. The molecule has 0 bridgehead atoms. The molecule has 1 aromatic rings. The van der Waals surface area contributed by atoms with Gasteiger partial charge >= 0.3 is 0 Å². The molecule has 0 aliphatic rings. The van der Waals surface area contributed by atoms with Crippen molar-refractivity contribution in [3.63, 3.8) is 0 Å². The van der Waals surface area contributed by atoms with E-state index in [4.69, 9.17) is 5.11 Å². The second kappa shape index (κ2) is 12.9. The van der Waals surface area contributed by atoms with Gasteiger partial charge in [-0.05, 0) is 12.8 Å². The summed E-state index contributed by atoms with van der Waals surface area (Å²) in [5.41, 5.74) is 0.605. The third kappa shape index (κ3) is 7.91. The average molecular weight is 338 g/mol. The zero-order valence-corrected chi connectivity index (χ0v) is 15.2. The quantitative estimate of drug-likeness (QED) is 0.408. The molecule has 1 aromatic heterocycles. The molecule has 1 heterocycles. The summed E-state index contributed by atoms with van der Waals surface area (Å²) < 4.78 is 1.31. The molecule has 0 atom stereocenters. The first-order chi connectivity index (χ1) is 11.7. The molecule has 0 spiro atoms.